The fraction of sp³-hybridized carbons (Fsp3) is 0.500. The molecule has 18 heavy (non-hydrogen) atoms. The fourth-order valence-corrected chi connectivity index (χ4v) is 1.12. The van der Waals surface area contributed by atoms with Gasteiger partial charge in [0.1, 0.15) is 0 Å². The first-order valence-electron chi connectivity index (χ1n) is 5.39. The SMILES string of the molecule is CCOc1cc(CN)ccc1OC.CSC.NS. The van der Waals surface area contributed by atoms with Crippen molar-refractivity contribution in [2.75, 3.05) is 26.2 Å². The Hall–Kier alpha value is -0.560. The maximum Gasteiger partial charge on any atom is 0.161 e. The van der Waals surface area contributed by atoms with Gasteiger partial charge in [0.05, 0.1) is 13.7 Å². The second-order valence-corrected chi connectivity index (χ2v) is 3.85. The lowest BCUT2D eigenvalue weighted by Gasteiger charge is -2.09. The largest absolute Gasteiger partial charge is 0.493 e. The van der Waals surface area contributed by atoms with Crippen molar-refractivity contribution in [3.63, 3.8) is 0 Å². The Morgan fingerprint density at radius 3 is 2.17 bits per heavy atom. The molecular formula is C12H24N2O2S2. The lowest BCUT2D eigenvalue weighted by Crippen LogP contribution is -1.99. The molecule has 0 spiro atoms. The molecule has 0 radical (unpaired) electrons. The molecule has 0 aliphatic rings. The molecule has 0 aliphatic carbocycles. The van der Waals surface area contributed by atoms with Crippen LogP contribution in [-0.4, -0.2) is 26.2 Å². The van der Waals surface area contributed by atoms with Crippen LogP contribution in [0.1, 0.15) is 12.5 Å². The van der Waals surface area contributed by atoms with Crippen LogP contribution in [0.15, 0.2) is 18.2 Å². The number of thioether (sulfide) groups is 1. The lowest BCUT2D eigenvalue weighted by atomic mass is 10.2. The molecule has 4 N–H and O–H groups in total. The molecule has 106 valence electrons. The average molecular weight is 292 g/mol. The van der Waals surface area contributed by atoms with E-state index >= 15 is 0 Å². The summed E-state index contributed by atoms with van der Waals surface area (Å²) in [6.07, 6.45) is 4.08. The zero-order chi connectivity index (χ0) is 14.4. The van der Waals surface area contributed by atoms with Crippen LogP contribution in [0.2, 0.25) is 0 Å². The normalized spacial score (nSPS) is 8.39. The van der Waals surface area contributed by atoms with Gasteiger partial charge in [0.25, 0.3) is 0 Å². The van der Waals surface area contributed by atoms with Crippen LogP contribution >= 0.6 is 24.6 Å². The van der Waals surface area contributed by atoms with Gasteiger partial charge in [0.15, 0.2) is 11.5 Å². The van der Waals surface area contributed by atoms with E-state index < -0.39 is 0 Å². The molecule has 0 saturated heterocycles. The monoisotopic (exact) mass is 292 g/mol. The second-order valence-electron chi connectivity index (χ2n) is 3.03. The molecule has 0 amide bonds. The molecule has 0 aliphatic heterocycles. The highest BCUT2D eigenvalue weighted by atomic mass is 32.2. The molecule has 1 rings (SSSR count). The summed E-state index contributed by atoms with van der Waals surface area (Å²) in [6.45, 7) is 3.09. The summed E-state index contributed by atoms with van der Waals surface area (Å²) in [5.41, 5.74) is 6.56. The van der Waals surface area contributed by atoms with Crippen molar-refractivity contribution in [2.24, 2.45) is 10.9 Å². The van der Waals surface area contributed by atoms with Gasteiger partial charge in [0, 0.05) is 6.54 Å². The average Bonchev–Trinajstić information content (AvgIpc) is 2.42. The summed E-state index contributed by atoms with van der Waals surface area (Å²) in [5, 5.41) is 4.19. The third kappa shape index (κ3) is 8.52. The molecule has 0 heterocycles. The first-order chi connectivity index (χ1) is 8.73. The van der Waals surface area contributed by atoms with E-state index in [1.165, 1.54) is 0 Å². The third-order valence-corrected chi connectivity index (χ3v) is 1.76. The molecule has 0 aromatic heterocycles. The molecule has 0 atom stereocenters. The lowest BCUT2D eigenvalue weighted by molar-refractivity contribution is 0.310. The highest BCUT2D eigenvalue weighted by Gasteiger charge is 2.03. The molecule has 0 unspecified atom stereocenters. The van der Waals surface area contributed by atoms with Crippen molar-refractivity contribution in [3.05, 3.63) is 23.8 Å². The van der Waals surface area contributed by atoms with Crippen LogP contribution in [0.4, 0.5) is 0 Å². The first-order valence-corrected chi connectivity index (χ1v) is 7.54. The Bertz CT molecular complexity index is 299. The van der Waals surface area contributed by atoms with Crippen LogP contribution in [0.5, 0.6) is 11.5 Å². The summed E-state index contributed by atoms with van der Waals surface area (Å²) in [6, 6.07) is 5.71. The summed E-state index contributed by atoms with van der Waals surface area (Å²) in [5.74, 6) is 1.51. The van der Waals surface area contributed by atoms with Gasteiger partial charge < -0.3 is 15.2 Å². The Morgan fingerprint density at radius 2 is 1.78 bits per heavy atom. The maximum absolute atomic E-state index is 5.51. The maximum atomic E-state index is 5.51. The van der Waals surface area contributed by atoms with Gasteiger partial charge in [-0.3, -0.25) is 5.14 Å². The molecule has 4 nitrogen and oxygen atoms in total. The minimum absolute atomic E-state index is 0.518. The molecule has 0 fully saturated rings. The van der Waals surface area contributed by atoms with Crippen molar-refractivity contribution in [1.82, 2.24) is 0 Å². The van der Waals surface area contributed by atoms with Gasteiger partial charge in [-0.15, -0.1) is 12.8 Å². The zero-order valence-electron chi connectivity index (χ0n) is 11.5. The van der Waals surface area contributed by atoms with E-state index in [0.29, 0.717) is 13.2 Å². The fourth-order valence-electron chi connectivity index (χ4n) is 1.12. The smallest absolute Gasteiger partial charge is 0.161 e. The quantitative estimate of drug-likeness (QED) is 0.743. The van der Waals surface area contributed by atoms with Gasteiger partial charge in [-0.25, -0.2) is 0 Å². The predicted octanol–water partition coefficient (Wildman–Crippen LogP) is 2.32. The molecular weight excluding hydrogens is 268 g/mol. The predicted molar refractivity (Wildman–Crippen MR) is 84.7 cm³/mol. The van der Waals surface area contributed by atoms with Crippen LogP contribution < -0.4 is 20.3 Å². The van der Waals surface area contributed by atoms with Gasteiger partial charge >= 0.3 is 0 Å². The summed E-state index contributed by atoms with van der Waals surface area (Å²) in [7, 11) is 1.62. The molecule has 6 heteroatoms. The van der Waals surface area contributed by atoms with Crippen LogP contribution in [0.3, 0.4) is 0 Å². The molecule has 1 aromatic rings. The van der Waals surface area contributed by atoms with Crippen molar-refractivity contribution in [1.29, 1.82) is 0 Å². The third-order valence-electron chi connectivity index (χ3n) is 1.76. The Balaban J connectivity index is 0. The summed E-state index contributed by atoms with van der Waals surface area (Å²) in [4.78, 5) is 0. The number of methoxy groups -OCH3 is 1. The minimum Gasteiger partial charge on any atom is -0.493 e. The Morgan fingerprint density at radius 1 is 1.22 bits per heavy atom. The Labute approximate surface area is 120 Å². The number of hydrogen-bond donors (Lipinski definition) is 3. The first kappa shape index (κ1) is 19.8. The van der Waals surface area contributed by atoms with Crippen molar-refractivity contribution in [3.8, 4) is 11.5 Å². The van der Waals surface area contributed by atoms with Crippen LogP contribution in [0, 0.1) is 0 Å². The van der Waals surface area contributed by atoms with E-state index in [-0.39, 0.29) is 0 Å². The number of thiol groups is 1. The number of benzene rings is 1. The molecule has 0 bridgehead atoms. The van der Waals surface area contributed by atoms with Crippen LogP contribution in [-0.2, 0) is 6.54 Å². The van der Waals surface area contributed by atoms with E-state index in [2.05, 4.69) is 18.0 Å². The van der Waals surface area contributed by atoms with Gasteiger partial charge in [-0.05, 0) is 37.1 Å². The Kier molecular flexibility index (Phi) is 15.9. The zero-order valence-corrected chi connectivity index (χ0v) is 13.2. The highest BCUT2D eigenvalue weighted by Crippen LogP contribution is 2.27. The van der Waals surface area contributed by atoms with E-state index in [1.807, 2.05) is 37.6 Å². The number of nitrogens with two attached hydrogens (primary N) is 2. The number of ether oxygens (including phenoxy) is 2. The molecule has 1 aromatic carbocycles. The van der Waals surface area contributed by atoms with Crippen molar-refractivity contribution in [2.45, 2.75) is 13.5 Å². The van der Waals surface area contributed by atoms with Crippen molar-refractivity contribution < 1.29 is 9.47 Å². The van der Waals surface area contributed by atoms with E-state index in [4.69, 9.17) is 15.2 Å². The van der Waals surface area contributed by atoms with E-state index in [1.54, 1.807) is 18.9 Å². The van der Waals surface area contributed by atoms with E-state index in [9.17, 15) is 0 Å². The minimum atomic E-state index is 0.518. The van der Waals surface area contributed by atoms with Crippen LogP contribution in [0.25, 0.3) is 0 Å². The standard InChI is InChI=1S/C10H15NO2.C2H6S.H3NS/c1-3-13-10-6-8(7-11)4-5-9(10)12-2;1-3-2;1-2/h4-6H,3,7,11H2,1-2H3;1-2H3;2H,1H2. The van der Waals surface area contributed by atoms with E-state index in [0.717, 1.165) is 17.1 Å². The number of rotatable bonds is 4. The second kappa shape index (κ2) is 14.5. The number of hydrogen-bond acceptors (Lipinski definition) is 6. The summed E-state index contributed by atoms with van der Waals surface area (Å²) < 4.78 is 10.5. The topological polar surface area (TPSA) is 70.5 Å². The van der Waals surface area contributed by atoms with Gasteiger partial charge in [-0.1, -0.05) is 6.07 Å². The molecule has 0 saturated carbocycles. The van der Waals surface area contributed by atoms with Gasteiger partial charge in [-0.2, -0.15) is 11.8 Å². The highest BCUT2D eigenvalue weighted by molar-refractivity contribution is 7.97. The summed E-state index contributed by atoms with van der Waals surface area (Å²) >= 11 is 4.78. The van der Waals surface area contributed by atoms with Gasteiger partial charge in [0.2, 0.25) is 0 Å². The van der Waals surface area contributed by atoms with Crippen molar-refractivity contribution >= 4 is 24.6 Å².